The van der Waals surface area contributed by atoms with Crippen LogP contribution < -0.4 is 10.5 Å². The van der Waals surface area contributed by atoms with Crippen LogP contribution in [0.5, 0.6) is 5.75 Å². The van der Waals surface area contributed by atoms with Crippen molar-refractivity contribution in [1.29, 1.82) is 0 Å². The standard InChI is InChI=1S/C19H20N4O3/c1-12(17-21-13(2)22-23-17)26-16-10-8-15(9-11-16)19(25,18(20)24)14-6-4-3-5-7-14/h3-12,25H,1-2H3,(H2,20,24)(H,21,22,23). The van der Waals surface area contributed by atoms with Crippen molar-refractivity contribution in [2.24, 2.45) is 5.73 Å². The fourth-order valence-electron chi connectivity index (χ4n) is 2.70. The largest absolute Gasteiger partial charge is 0.483 e. The molecule has 0 saturated carbocycles. The highest BCUT2D eigenvalue weighted by atomic mass is 16.5. The molecular weight excluding hydrogens is 332 g/mol. The van der Waals surface area contributed by atoms with Crippen LogP contribution in [0.25, 0.3) is 0 Å². The summed E-state index contributed by atoms with van der Waals surface area (Å²) in [6.45, 7) is 3.65. The van der Waals surface area contributed by atoms with Crippen LogP contribution in [0.1, 0.15) is 35.8 Å². The Kier molecular flexibility index (Phi) is 4.73. The topological polar surface area (TPSA) is 114 Å². The first-order valence-electron chi connectivity index (χ1n) is 8.15. The molecule has 2 atom stereocenters. The van der Waals surface area contributed by atoms with Crippen molar-refractivity contribution < 1.29 is 14.6 Å². The number of hydrogen-bond donors (Lipinski definition) is 3. The van der Waals surface area contributed by atoms with Gasteiger partial charge in [-0.05, 0) is 37.1 Å². The number of aliphatic hydroxyl groups is 1. The Bertz CT molecular complexity index is 893. The second kappa shape index (κ2) is 6.97. The van der Waals surface area contributed by atoms with Crippen LogP contribution in [0.15, 0.2) is 54.6 Å². The number of aromatic nitrogens is 3. The van der Waals surface area contributed by atoms with Gasteiger partial charge in [-0.1, -0.05) is 42.5 Å². The number of benzene rings is 2. The van der Waals surface area contributed by atoms with Gasteiger partial charge in [-0.2, -0.15) is 5.10 Å². The second-order valence-corrected chi connectivity index (χ2v) is 6.00. The van der Waals surface area contributed by atoms with Gasteiger partial charge in [0.1, 0.15) is 11.6 Å². The number of carbonyl (C=O) groups excluding carboxylic acids is 1. The number of hydrogen-bond acceptors (Lipinski definition) is 5. The predicted octanol–water partition coefficient (Wildman–Crippen LogP) is 1.97. The maximum Gasteiger partial charge on any atom is 0.258 e. The summed E-state index contributed by atoms with van der Waals surface area (Å²) in [7, 11) is 0. The van der Waals surface area contributed by atoms with Crippen molar-refractivity contribution in [3.05, 3.63) is 77.4 Å². The zero-order valence-corrected chi connectivity index (χ0v) is 14.5. The number of rotatable bonds is 6. The van der Waals surface area contributed by atoms with Gasteiger partial charge >= 0.3 is 0 Å². The molecule has 2 unspecified atom stereocenters. The van der Waals surface area contributed by atoms with E-state index in [1.165, 1.54) is 0 Å². The molecule has 3 aromatic rings. The number of nitrogens with zero attached hydrogens (tertiary/aromatic N) is 2. The summed E-state index contributed by atoms with van der Waals surface area (Å²) in [4.78, 5) is 16.2. The molecule has 4 N–H and O–H groups in total. The lowest BCUT2D eigenvalue weighted by Crippen LogP contribution is -2.42. The summed E-state index contributed by atoms with van der Waals surface area (Å²) in [6, 6.07) is 15.2. The molecule has 0 spiro atoms. The highest BCUT2D eigenvalue weighted by molar-refractivity contribution is 5.88. The van der Waals surface area contributed by atoms with Crippen molar-refractivity contribution in [3.63, 3.8) is 0 Å². The van der Waals surface area contributed by atoms with E-state index in [1.54, 1.807) is 54.6 Å². The summed E-state index contributed by atoms with van der Waals surface area (Å²) >= 11 is 0. The summed E-state index contributed by atoms with van der Waals surface area (Å²) in [5, 5.41) is 17.8. The van der Waals surface area contributed by atoms with E-state index < -0.39 is 11.5 Å². The zero-order valence-electron chi connectivity index (χ0n) is 14.5. The normalized spacial score (nSPS) is 14.4. The average Bonchev–Trinajstić information content (AvgIpc) is 3.09. The van der Waals surface area contributed by atoms with Crippen LogP contribution in [0, 0.1) is 6.92 Å². The van der Waals surface area contributed by atoms with E-state index in [-0.39, 0.29) is 6.10 Å². The molecule has 7 heteroatoms. The number of H-pyrrole nitrogens is 1. The molecule has 3 rings (SSSR count). The van der Waals surface area contributed by atoms with Gasteiger partial charge in [0.2, 0.25) is 0 Å². The summed E-state index contributed by atoms with van der Waals surface area (Å²) in [5.74, 6) is 0.968. The van der Waals surface area contributed by atoms with Crippen molar-refractivity contribution >= 4 is 5.91 Å². The number of aryl methyl sites for hydroxylation is 1. The zero-order chi connectivity index (χ0) is 18.7. The third-order valence-electron chi connectivity index (χ3n) is 4.11. The van der Waals surface area contributed by atoms with Gasteiger partial charge in [-0.15, -0.1) is 0 Å². The third kappa shape index (κ3) is 3.29. The second-order valence-electron chi connectivity index (χ2n) is 6.00. The lowest BCUT2D eigenvalue weighted by Gasteiger charge is -2.26. The number of amides is 1. The minimum absolute atomic E-state index is 0.352. The monoisotopic (exact) mass is 352 g/mol. The van der Waals surface area contributed by atoms with Crippen LogP contribution in [0.2, 0.25) is 0 Å². The van der Waals surface area contributed by atoms with Gasteiger partial charge in [0.25, 0.3) is 5.91 Å². The Morgan fingerprint density at radius 1 is 1.15 bits per heavy atom. The molecule has 0 aliphatic rings. The number of nitrogens with two attached hydrogens (primary N) is 1. The molecule has 0 aliphatic heterocycles. The number of nitrogens with one attached hydrogen (secondary N) is 1. The van der Waals surface area contributed by atoms with Gasteiger partial charge in [-0.25, -0.2) is 4.98 Å². The maximum atomic E-state index is 12.0. The molecule has 0 bridgehead atoms. The van der Waals surface area contributed by atoms with E-state index in [2.05, 4.69) is 15.2 Å². The van der Waals surface area contributed by atoms with E-state index in [0.29, 0.717) is 28.5 Å². The van der Waals surface area contributed by atoms with Crippen LogP contribution >= 0.6 is 0 Å². The summed E-state index contributed by atoms with van der Waals surface area (Å²) in [6.07, 6.45) is -0.352. The minimum Gasteiger partial charge on any atom is -0.483 e. The number of primary amides is 1. The van der Waals surface area contributed by atoms with Crippen molar-refractivity contribution in [2.45, 2.75) is 25.6 Å². The number of aromatic amines is 1. The molecule has 0 radical (unpaired) electrons. The van der Waals surface area contributed by atoms with E-state index >= 15 is 0 Å². The first-order chi connectivity index (χ1) is 12.4. The molecular formula is C19H20N4O3. The van der Waals surface area contributed by atoms with E-state index in [1.807, 2.05) is 13.8 Å². The van der Waals surface area contributed by atoms with E-state index in [4.69, 9.17) is 10.5 Å². The summed E-state index contributed by atoms with van der Waals surface area (Å²) in [5.41, 5.74) is 4.36. The molecule has 2 aromatic carbocycles. The van der Waals surface area contributed by atoms with Crippen molar-refractivity contribution in [3.8, 4) is 5.75 Å². The lowest BCUT2D eigenvalue weighted by atomic mass is 9.86. The van der Waals surface area contributed by atoms with Gasteiger partial charge in [0.15, 0.2) is 17.5 Å². The van der Waals surface area contributed by atoms with Crippen molar-refractivity contribution in [2.75, 3.05) is 0 Å². The van der Waals surface area contributed by atoms with Crippen LogP contribution in [-0.4, -0.2) is 26.2 Å². The van der Waals surface area contributed by atoms with Gasteiger partial charge in [0.05, 0.1) is 0 Å². The molecule has 134 valence electrons. The Morgan fingerprint density at radius 2 is 1.77 bits per heavy atom. The average molecular weight is 352 g/mol. The smallest absolute Gasteiger partial charge is 0.258 e. The fraction of sp³-hybridized carbons (Fsp3) is 0.211. The molecule has 7 nitrogen and oxygen atoms in total. The Hall–Kier alpha value is -3.19. The molecule has 0 aliphatic carbocycles. The van der Waals surface area contributed by atoms with E-state index in [9.17, 15) is 9.90 Å². The lowest BCUT2D eigenvalue weighted by molar-refractivity contribution is -0.133. The SMILES string of the molecule is Cc1nc(C(C)Oc2ccc(C(O)(C(N)=O)c3ccccc3)cc2)n[nH]1. The minimum atomic E-state index is -1.91. The van der Waals surface area contributed by atoms with Gasteiger partial charge in [-0.3, -0.25) is 9.89 Å². The quantitative estimate of drug-likeness (QED) is 0.627. The van der Waals surface area contributed by atoms with Gasteiger partial charge in [0, 0.05) is 0 Å². The Balaban J connectivity index is 1.85. The molecule has 1 heterocycles. The third-order valence-corrected chi connectivity index (χ3v) is 4.11. The first-order valence-corrected chi connectivity index (χ1v) is 8.15. The molecule has 1 aromatic heterocycles. The van der Waals surface area contributed by atoms with E-state index in [0.717, 1.165) is 0 Å². The van der Waals surface area contributed by atoms with Crippen molar-refractivity contribution in [1.82, 2.24) is 15.2 Å². The van der Waals surface area contributed by atoms with Crippen LogP contribution in [0.3, 0.4) is 0 Å². The maximum absolute atomic E-state index is 12.0. The van der Waals surface area contributed by atoms with Crippen LogP contribution in [-0.2, 0) is 10.4 Å². The number of carbonyl (C=O) groups is 1. The predicted molar refractivity (Wildman–Crippen MR) is 95.2 cm³/mol. The summed E-state index contributed by atoms with van der Waals surface area (Å²) < 4.78 is 5.80. The van der Waals surface area contributed by atoms with Gasteiger partial charge < -0.3 is 15.6 Å². The molecule has 0 saturated heterocycles. The molecule has 1 amide bonds. The highest BCUT2D eigenvalue weighted by Gasteiger charge is 2.38. The number of ether oxygens (including phenoxy) is 1. The Morgan fingerprint density at radius 3 is 2.31 bits per heavy atom. The highest BCUT2D eigenvalue weighted by Crippen LogP contribution is 2.31. The molecule has 26 heavy (non-hydrogen) atoms. The molecule has 0 fully saturated rings. The Labute approximate surface area is 150 Å². The fourth-order valence-corrected chi connectivity index (χ4v) is 2.70. The first kappa shape index (κ1) is 17.6. The van der Waals surface area contributed by atoms with Crippen LogP contribution in [0.4, 0.5) is 0 Å².